The van der Waals surface area contributed by atoms with Gasteiger partial charge in [-0.3, -0.25) is 4.79 Å². The summed E-state index contributed by atoms with van der Waals surface area (Å²) in [5.41, 5.74) is 1.12. The van der Waals surface area contributed by atoms with Gasteiger partial charge < -0.3 is 9.47 Å². The second kappa shape index (κ2) is 7.05. The summed E-state index contributed by atoms with van der Waals surface area (Å²) < 4.78 is 2.14. The second-order valence-electron chi connectivity index (χ2n) is 5.87. The molecular weight excluding hydrogens is 296 g/mol. The molecule has 0 bridgehead atoms. The van der Waals surface area contributed by atoms with Gasteiger partial charge in [-0.05, 0) is 41.7 Å². The number of carbonyl (C=O) groups excluding carboxylic acids is 1. The summed E-state index contributed by atoms with van der Waals surface area (Å²) >= 11 is 1.64. The van der Waals surface area contributed by atoms with Crippen molar-refractivity contribution in [2.45, 2.75) is 45.1 Å². The van der Waals surface area contributed by atoms with E-state index in [9.17, 15) is 4.79 Å². The van der Waals surface area contributed by atoms with Crippen LogP contribution in [0, 0.1) is 0 Å². The van der Waals surface area contributed by atoms with Crippen LogP contribution in [0.5, 0.6) is 0 Å². The predicted octanol–water partition coefficient (Wildman–Crippen LogP) is 2.70. The molecule has 1 atom stereocenters. The maximum atomic E-state index is 12.5. The summed E-state index contributed by atoms with van der Waals surface area (Å²) in [5, 5.41) is 12.4. The first-order chi connectivity index (χ1) is 10.8. The second-order valence-corrected chi connectivity index (χ2v) is 6.65. The van der Waals surface area contributed by atoms with Gasteiger partial charge in [0.25, 0.3) is 0 Å². The quantitative estimate of drug-likeness (QED) is 0.851. The van der Waals surface area contributed by atoms with Crippen LogP contribution in [-0.2, 0) is 17.8 Å². The average Bonchev–Trinajstić information content (AvgIpc) is 3.19. The Kier molecular flexibility index (Phi) is 4.87. The highest BCUT2D eigenvalue weighted by Gasteiger charge is 2.27. The van der Waals surface area contributed by atoms with E-state index in [1.165, 1.54) is 0 Å². The topological polar surface area (TPSA) is 51.0 Å². The zero-order valence-corrected chi connectivity index (χ0v) is 13.8. The molecule has 5 nitrogen and oxygen atoms in total. The molecule has 118 valence electrons. The maximum absolute atomic E-state index is 12.5. The van der Waals surface area contributed by atoms with Gasteiger partial charge in [0, 0.05) is 25.6 Å². The molecular formula is C16H22N4OS. The van der Waals surface area contributed by atoms with Crippen LogP contribution in [-0.4, -0.2) is 38.7 Å². The van der Waals surface area contributed by atoms with Crippen LogP contribution in [0.25, 0.3) is 0 Å². The molecule has 2 aromatic heterocycles. The molecule has 0 radical (unpaired) electrons. The molecule has 0 aliphatic carbocycles. The van der Waals surface area contributed by atoms with E-state index in [4.69, 9.17) is 0 Å². The molecule has 3 rings (SSSR count). The van der Waals surface area contributed by atoms with Crippen LogP contribution in [0.2, 0.25) is 0 Å². The summed E-state index contributed by atoms with van der Waals surface area (Å²) in [4.78, 5) is 14.5. The molecule has 3 heterocycles. The Morgan fingerprint density at radius 1 is 1.50 bits per heavy atom. The first-order valence-electron chi connectivity index (χ1n) is 7.94. The van der Waals surface area contributed by atoms with Crippen molar-refractivity contribution < 1.29 is 4.79 Å². The van der Waals surface area contributed by atoms with Crippen molar-refractivity contribution in [1.29, 1.82) is 0 Å². The van der Waals surface area contributed by atoms with Crippen LogP contribution in [0.4, 0.5) is 0 Å². The number of nitrogens with zero attached hydrogens (tertiary/aromatic N) is 4. The van der Waals surface area contributed by atoms with E-state index in [1.54, 1.807) is 11.3 Å². The molecule has 1 amide bonds. The molecule has 0 spiro atoms. The maximum Gasteiger partial charge on any atom is 0.227 e. The minimum Gasteiger partial charge on any atom is -0.342 e. The van der Waals surface area contributed by atoms with Gasteiger partial charge in [0.2, 0.25) is 5.91 Å². The lowest BCUT2D eigenvalue weighted by atomic mass is 9.96. The Balaban J connectivity index is 1.66. The molecule has 0 unspecified atom stereocenters. The average molecular weight is 318 g/mol. The lowest BCUT2D eigenvalue weighted by Crippen LogP contribution is -2.40. The first kappa shape index (κ1) is 15.2. The van der Waals surface area contributed by atoms with Gasteiger partial charge in [-0.2, -0.15) is 11.3 Å². The van der Waals surface area contributed by atoms with Gasteiger partial charge in [0.1, 0.15) is 12.2 Å². The third-order valence-corrected chi connectivity index (χ3v) is 4.92. The summed E-state index contributed by atoms with van der Waals surface area (Å²) in [6.07, 6.45) is 5.52. The zero-order chi connectivity index (χ0) is 15.4. The van der Waals surface area contributed by atoms with Gasteiger partial charge in [0.05, 0.1) is 6.42 Å². The van der Waals surface area contributed by atoms with Crippen LogP contribution >= 0.6 is 11.3 Å². The van der Waals surface area contributed by atoms with E-state index in [0.717, 1.165) is 50.3 Å². The fraction of sp³-hybridized carbons (Fsp3) is 0.562. The molecule has 2 aromatic rings. The van der Waals surface area contributed by atoms with Crippen molar-refractivity contribution in [3.8, 4) is 0 Å². The number of aryl methyl sites for hydroxylation is 1. The highest BCUT2D eigenvalue weighted by atomic mass is 32.1. The molecule has 0 aromatic carbocycles. The van der Waals surface area contributed by atoms with E-state index >= 15 is 0 Å². The van der Waals surface area contributed by atoms with E-state index in [0.29, 0.717) is 12.3 Å². The summed E-state index contributed by atoms with van der Waals surface area (Å²) in [5.74, 6) is 1.58. The number of piperidine rings is 1. The molecule has 6 heteroatoms. The van der Waals surface area contributed by atoms with Crippen molar-refractivity contribution >= 4 is 17.2 Å². The van der Waals surface area contributed by atoms with Gasteiger partial charge in [-0.1, -0.05) is 6.92 Å². The van der Waals surface area contributed by atoms with Crippen LogP contribution in [0.3, 0.4) is 0 Å². The largest absolute Gasteiger partial charge is 0.342 e. The molecule has 1 aliphatic heterocycles. The Hall–Kier alpha value is -1.69. The predicted molar refractivity (Wildman–Crippen MR) is 86.9 cm³/mol. The number of hydrogen-bond donors (Lipinski definition) is 0. The van der Waals surface area contributed by atoms with Gasteiger partial charge in [-0.25, -0.2) is 0 Å². The highest BCUT2D eigenvalue weighted by molar-refractivity contribution is 7.07. The Labute approximate surface area is 135 Å². The van der Waals surface area contributed by atoms with Crippen LogP contribution in [0.1, 0.15) is 43.5 Å². The third-order valence-electron chi connectivity index (χ3n) is 4.18. The fourth-order valence-electron chi connectivity index (χ4n) is 3.09. The smallest absolute Gasteiger partial charge is 0.227 e. The minimum atomic E-state index is 0.227. The Bertz CT molecular complexity index is 607. The molecule has 0 N–H and O–H groups in total. The van der Waals surface area contributed by atoms with Crippen LogP contribution in [0.15, 0.2) is 23.2 Å². The summed E-state index contributed by atoms with van der Waals surface area (Å²) in [6.45, 7) is 4.73. The van der Waals surface area contributed by atoms with Gasteiger partial charge >= 0.3 is 0 Å². The zero-order valence-electron chi connectivity index (χ0n) is 12.9. The van der Waals surface area contributed by atoms with Crippen molar-refractivity contribution in [3.63, 3.8) is 0 Å². The molecule has 1 fully saturated rings. The molecule has 22 heavy (non-hydrogen) atoms. The van der Waals surface area contributed by atoms with Crippen molar-refractivity contribution in [2.24, 2.45) is 0 Å². The Morgan fingerprint density at radius 2 is 2.41 bits per heavy atom. The highest BCUT2D eigenvalue weighted by Crippen LogP contribution is 2.26. The first-order valence-corrected chi connectivity index (χ1v) is 8.88. The third kappa shape index (κ3) is 3.38. The number of aromatic nitrogens is 3. The molecule has 0 saturated carbocycles. The lowest BCUT2D eigenvalue weighted by molar-refractivity contribution is -0.131. The van der Waals surface area contributed by atoms with E-state index < -0.39 is 0 Å². The number of amides is 1. The standard InChI is InChI=1S/C16H22N4OS/c1-2-6-20-12-17-18-16(20)14-4-3-7-19(10-14)15(21)9-13-5-8-22-11-13/h5,8,11-12,14H,2-4,6-7,9-10H2,1H3/t14-/m0/s1. The lowest BCUT2D eigenvalue weighted by Gasteiger charge is -2.32. The minimum absolute atomic E-state index is 0.227. The summed E-state index contributed by atoms with van der Waals surface area (Å²) in [7, 11) is 0. The van der Waals surface area contributed by atoms with E-state index in [1.807, 2.05) is 22.7 Å². The van der Waals surface area contributed by atoms with Crippen molar-refractivity contribution in [3.05, 3.63) is 34.5 Å². The van der Waals surface area contributed by atoms with Crippen molar-refractivity contribution in [1.82, 2.24) is 19.7 Å². The Morgan fingerprint density at radius 3 is 3.18 bits per heavy atom. The monoisotopic (exact) mass is 318 g/mol. The number of rotatable bonds is 5. The SMILES string of the molecule is CCCn1cnnc1[C@H]1CCCN(C(=O)Cc2ccsc2)C1. The van der Waals surface area contributed by atoms with Gasteiger partial charge in [-0.15, -0.1) is 10.2 Å². The number of carbonyl (C=O) groups is 1. The van der Waals surface area contributed by atoms with E-state index in [-0.39, 0.29) is 5.91 Å². The van der Waals surface area contributed by atoms with E-state index in [2.05, 4.69) is 27.1 Å². The number of likely N-dealkylation sites (tertiary alicyclic amines) is 1. The molecule has 1 saturated heterocycles. The van der Waals surface area contributed by atoms with Crippen molar-refractivity contribution in [2.75, 3.05) is 13.1 Å². The number of thiophene rings is 1. The summed E-state index contributed by atoms with van der Waals surface area (Å²) in [6, 6.07) is 2.03. The fourth-order valence-corrected chi connectivity index (χ4v) is 3.76. The van der Waals surface area contributed by atoms with Crippen LogP contribution < -0.4 is 0 Å². The normalized spacial score (nSPS) is 18.6. The number of hydrogen-bond acceptors (Lipinski definition) is 4. The van der Waals surface area contributed by atoms with Gasteiger partial charge in [0.15, 0.2) is 0 Å². The molecule has 1 aliphatic rings.